The number of hydrogen-bond donors (Lipinski definition) is 1. The molecule has 2 N–H and O–H groups in total. The highest BCUT2D eigenvalue weighted by molar-refractivity contribution is 5.61. The Morgan fingerprint density at radius 1 is 1.17 bits per heavy atom. The minimum Gasteiger partial charge on any atom is -0.458 e. The number of nitrogens with two attached hydrogens (primary N) is 1. The van der Waals surface area contributed by atoms with Gasteiger partial charge in [0.1, 0.15) is 5.76 Å². The molecule has 0 bridgehead atoms. The van der Waals surface area contributed by atoms with Crippen molar-refractivity contribution in [1.29, 1.82) is 0 Å². The second-order valence-corrected chi connectivity index (χ2v) is 4.83. The van der Waals surface area contributed by atoms with E-state index in [9.17, 15) is 0 Å². The number of pyridine rings is 1. The van der Waals surface area contributed by atoms with E-state index < -0.39 is 0 Å². The monoisotopic (exact) mass is 308 g/mol. The van der Waals surface area contributed by atoms with Crippen LogP contribution in [0.3, 0.4) is 0 Å². The summed E-state index contributed by atoms with van der Waals surface area (Å²) in [6, 6.07) is 9.02. The molecule has 0 aliphatic rings. The second-order valence-electron chi connectivity index (χ2n) is 4.83. The fourth-order valence-electron chi connectivity index (χ4n) is 2.18. The zero-order valence-electron chi connectivity index (χ0n) is 12.2. The SMILES string of the molecule is Cc1ccc(-c2nc(N)nc3c(Oc4ccccn4)cnn23)o1. The molecule has 0 radical (unpaired) electrons. The van der Waals surface area contributed by atoms with Gasteiger partial charge in [0.25, 0.3) is 0 Å². The maximum absolute atomic E-state index is 5.81. The summed E-state index contributed by atoms with van der Waals surface area (Å²) in [4.78, 5) is 12.5. The summed E-state index contributed by atoms with van der Waals surface area (Å²) in [6.45, 7) is 1.85. The topological polar surface area (TPSA) is 104 Å². The number of ether oxygens (including phenoxy) is 1. The lowest BCUT2D eigenvalue weighted by molar-refractivity contribution is 0.467. The Morgan fingerprint density at radius 2 is 2.09 bits per heavy atom. The summed E-state index contributed by atoms with van der Waals surface area (Å²) in [7, 11) is 0. The third-order valence-electron chi connectivity index (χ3n) is 3.17. The van der Waals surface area contributed by atoms with Crippen molar-refractivity contribution < 1.29 is 9.15 Å². The first-order valence-electron chi connectivity index (χ1n) is 6.87. The van der Waals surface area contributed by atoms with Gasteiger partial charge < -0.3 is 14.9 Å². The molecule has 0 aliphatic carbocycles. The number of anilines is 1. The van der Waals surface area contributed by atoms with E-state index in [2.05, 4.69) is 20.1 Å². The van der Waals surface area contributed by atoms with Crippen molar-refractivity contribution in [3.8, 4) is 23.2 Å². The third-order valence-corrected chi connectivity index (χ3v) is 3.17. The maximum Gasteiger partial charge on any atom is 0.224 e. The minimum atomic E-state index is 0.105. The van der Waals surface area contributed by atoms with Crippen LogP contribution in [-0.4, -0.2) is 24.6 Å². The highest BCUT2D eigenvalue weighted by atomic mass is 16.5. The molecule has 0 unspecified atom stereocenters. The number of nitrogen functional groups attached to an aromatic ring is 1. The second kappa shape index (κ2) is 5.09. The summed E-state index contributed by atoms with van der Waals surface area (Å²) in [5.41, 5.74) is 6.25. The molecule has 23 heavy (non-hydrogen) atoms. The molecule has 4 heterocycles. The van der Waals surface area contributed by atoms with Crippen molar-refractivity contribution in [3.05, 3.63) is 48.5 Å². The van der Waals surface area contributed by atoms with Crippen LogP contribution in [0, 0.1) is 6.92 Å². The third kappa shape index (κ3) is 2.35. The van der Waals surface area contributed by atoms with Crippen LogP contribution >= 0.6 is 0 Å². The lowest BCUT2D eigenvalue weighted by Crippen LogP contribution is -2.04. The Balaban J connectivity index is 1.85. The molecule has 114 valence electrons. The fraction of sp³-hybridized carbons (Fsp3) is 0.0667. The normalized spacial score (nSPS) is 11.0. The molecule has 4 rings (SSSR count). The van der Waals surface area contributed by atoms with Crippen molar-refractivity contribution in [2.45, 2.75) is 6.92 Å². The molecule has 0 fully saturated rings. The summed E-state index contributed by atoms with van der Waals surface area (Å²) < 4.78 is 12.8. The number of aryl methyl sites for hydroxylation is 1. The maximum atomic E-state index is 5.81. The van der Waals surface area contributed by atoms with Crippen LogP contribution in [0.2, 0.25) is 0 Å². The molecule has 4 aromatic heterocycles. The fourth-order valence-corrected chi connectivity index (χ4v) is 2.18. The van der Waals surface area contributed by atoms with Crippen molar-refractivity contribution >= 4 is 11.6 Å². The first kappa shape index (κ1) is 13.3. The van der Waals surface area contributed by atoms with Gasteiger partial charge in [-0.2, -0.15) is 19.6 Å². The minimum absolute atomic E-state index is 0.105. The van der Waals surface area contributed by atoms with E-state index in [0.717, 1.165) is 5.76 Å². The predicted molar refractivity (Wildman–Crippen MR) is 81.9 cm³/mol. The molecule has 0 saturated carbocycles. The summed E-state index contributed by atoms with van der Waals surface area (Å²) in [5, 5.41) is 4.26. The van der Waals surface area contributed by atoms with Crippen LogP contribution in [0.25, 0.3) is 17.2 Å². The Hall–Kier alpha value is -3.42. The van der Waals surface area contributed by atoms with Gasteiger partial charge in [0.05, 0.1) is 6.20 Å². The average molecular weight is 308 g/mol. The van der Waals surface area contributed by atoms with Crippen LogP contribution in [0.4, 0.5) is 5.95 Å². The Labute approximate surface area is 130 Å². The summed E-state index contributed by atoms with van der Waals surface area (Å²) in [5.74, 6) is 2.75. The molecule has 8 nitrogen and oxygen atoms in total. The van der Waals surface area contributed by atoms with Gasteiger partial charge in [0.15, 0.2) is 11.5 Å². The number of nitrogens with zero attached hydrogens (tertiary/aromatic N) is 5. The van der Waals surface area contributed by atoms with Crippen LogP contribution in [-0.2, 0) is 0 Å². The number of rotatable bonds is 3. The van der Waals surface area contributed by atoms with Crippen molar-refractivity contribution in [1.82, 2.24) is 24.6 Å². The van der Waals surface area contributed by atoms with Crippen LogP contribution in [0.15, 0.2) is 47.1 Å². The highest BCUT2D eigenvalue weighted by Gasteiger charge is 2.17. The van der Waals surface area contributed by atoms with E-state index in [1.807, 2.05) is 19.1 Å². The van der Waals surface area contributed by atoms with E-state index in [1.54, 1.807) is 24.4 Å². The van der Waals surface area contributed by atoms with E-state index in [4.69, 9.17) is 14.9 Å². The summed E-state index contributed by atoms with van der Waals surface area (Å²) >= 11 is 0. The van der Waals surface area contributed by atoms with Gasteiger partial charge >= 0.3 is 0 Å². The molecule has 0 aromatic carbocycles. The van der Waals surface area contributed by atoms with Gasteiger partial charge in [-0.15, -0.1) is 0 Å². The molecule has 0 aliphatic heterocycles. The van der Waals surface area contributed by atoms with Gasteiger partial charge in [-0.1, -0.05) is 6.07 Å². The molecular weight excluding hydrogens is 296 g/mol. The lowest BCUT2D eigenvalue weighted by Gasteiger charge is -2.04. The molecule has 8 heteroatoms. The van der Waals surface area contributed by atoms with E-state index in [1.165, 1.54) is 10.7 Å². The molecule has 0 amide bonds. The van der Waals surface area contributed by atoms with Crippen LogP contribution < -0.4 is 10.5 Å². The Morgan fingerprint density at radius 3 is 2.83 bits per heavy atom. The Kier molecular flexibility index (Phi) is 2.94. The number of fused-ring (bicyclic) bond motifs is 1. The van der Waals surface area contributed by atoms with Gasteiger partial charge in [-0.3, -0.25) is 0 Å². The lowest BCUT2D eigenvalue weighted by atomic mass is 10.4. The van der Waals surface area contributed by atoms with Gasteiger partial charge in [0, 0.05) is 12.3 Å². The zero-order valence-corrected chi connectivity index (χ0v) is 12.2. The van der Waals surface area contributed by atoms with Crippen LogP contribution in [0.1, 0.15) is 5.76 Å². The molecular formula is C15H12N6O2. The number of aromatic nitrogens is 5. The van der Waals surface area contributed by atoms with Crippen molar-refractivity contribution in [3.63, 3.8) is 0 Å². The van der Waals surface area contributed by atoms with E-state index in [0.29, 0.717) is 28.9 Å². The average Bonchev–Trinajstić information content (AvgIpc) is 3.15. The summed E-state index contributed by atoms with van der Waals surface area (Å²) in [6.07, 6.45) is 3.18. The first-order chi connectivity index (χ1) is 11.2. The standard InChI is InChI=1S/C15H12N6O2/c1-9-5-6-10(22-9)13-19-15(16)20-14-11(8-18-21(13)14)23-12-4-2-3-7-17-12/h2-8H,1H3,(H2,16,20). The highest BCUT2D eigenvalue weighted by Crippen LogP contribution is 2.27. The molecule has 0 saturated heterocycles. The molecule has 0 spiro atoms. The quantitative estimate of drug-likeness (QED) is 0.619. The number of hydrogen-bond acceptors (Lipinski definition) is 7. The van der Waals surface area contributed by atoms with Gasteiger partial charge in [0.2, 0.25) is 23.3 Å². The van der Waals surface area contributed by atoms with E-state index >= 15 is 0 Å². The van der Waals surface area contributed by atoms with Crippen molar-refractivity contribution in [2.24, 2.45) is 0 Å². The van der Waals surface area contributed by atoms with Crippen LogP contribution in [0.5, 0.6) is 11.6 Å². The molecule has 4 aromatic rings. The first-order valence-corrected chi connectivity index (χ1v) is 6.87. The zero-order chi connectivity index (χ0) is 15.8. The smallest absolute Gasteiger partial charge is 0.224 e. The Bertz CT molecular complexity index is 976. The van der Waals surface area contributed by atoms with E-state index in [-0.39, 0.29) is 5.95 Å². The number of furan rings is 1. The predicted octanol–water partition coefficient (Wildman–Crippen LogP) is 2.46. The largest absolute Gasteiger partial charge is 0.458 e. The molecule has 0 atom stereocenters. The van der Waals surface area contributed by atoms with Gasteiger partial charge in [-0.05, 0) is 25.1 Å². The van der Waals surface area contributed by atoms with Gasteiger partial charge in [-0.25, -0.2) is 4.98 Å². The van der Waals surface area contributed by atoms with Crippen molar-refractivity contribution in [2.75, 3.05) is 5.73 Å².